The van der Waals surface area contributed by atoms with Gasteiger partial charge in [0.15, 0.2) is 6.61 Å². The lowest BCUT2D eigenvalue weighted by Crippen LogP contribution is -2.09. The Morgan fingerprint density at radius 1 is 1.47 bits per heavy atom. The minimum atomic E-state index is 0.191. The van der Waals surface area contributed by atoms with E-state index in [0.29, 0.717) is 22.2 Å². The van der Waals surface area contributed by atoms with E-state index in [1.807, 2.05) is 0 Å². The molecule has 0 atom stereocenters. The number of hydrogen-bond donors (Lipinski definition) is 1. The van der Waals surface area contributed by atoms with Crippen molar-refractivity contribution in [2.75, 3.05) is 13.2 Å². The Labute approximate surface area is 111 Å². The van der Waals surface area contributed by atoms with Crippen molar-refractivity contribution in [3.05, 3.63) is 33.8 Å². The van der Waals surface area contributed by atoms with Gasteiger partial charge in [-0.15, -0.1) is 0 Å². The lowest BCUT2D eigenvalue weighted by molar-refractivity contribution is 0.179. The van der Waals surface area contributed by atoms with E-state index in [1.165, 1.54) is 0 Å². The molecule has 0 fully saturated rings. The SMILES string of the molecule is C/C(CN)=N\OCC#Cc1ccc(Cl)cc1Cl. The molecular weight excluding hydrogens is 259 g/mol. The van der Waals surface area contributed by atoms with Gasteiger partial charge in [-0.05, 0) is 25.1 Å². The molecule has 0 spiro atoms. The zero-order valence-corrected chi connectivity index (χ0v) is 10.8. The fourth-order valence-corrected chi connectivity index (χ4v) is 1.39. The highest BCUT2D eigenvalue weighted by Crippen LogP contribution is 2.19. The van der Waals surface area contributed by atoms with E-state index in [-0.39, 0.29) is 6.61 Å². The number of rotatable bonds is 3. The molecule has 2 N–H and O–H groups in total. The van der Waals surface area contributed by atoms with Gasteiger partial charge in [-0.3, -0.25) is 0 Å². The van der Waals surface area contributed by atoms with Gasteiger partial charge < -0.3 is 10.6 Å². The van der Waals surface area contributed by atoms with Crippen molar-refractivity contribution in [1.29, 1.82) is 0 Å². The van der Waals surface area contributed by atoms with Gasteiger partial charge >= 0.3 is 0 Å². The van der Waals surface area contributed by atoms with Crippen molar-refractivity contribution in [3.8, 4) is 11.8 Å². The van der Waals surface area contributed by atoms with Crippen LogP contribution in [-0.2, 0) is 4.84 Å². The second-order valence-corrected chi connectivity index (χ2v) is 4.07. The minimum Gasteiger partial charge on any atom is -0.383 e. The van der Waals surface area contributed by atoms with Crippen LogP contribution in [0.1, 0.15) is 12.5 Å². The molecule has 0 aromatic heterocycles. The van der Waals surface area contributed by atoms with Crippen LogP contribution in [0.3, 0.4) is 0 Å². The monoisotopic (exact) mass is 270 g/mol. The van der Waals surface area contributed by atoms with Crippen LogP contribution in [0.25, 0.3) is 0 Å². The number of hydrogen-bond acceptors (Lipinski definition) is 3. The third-order valence-corrected chi connectivity index (χ3v) is 2.35. The number of halogens is 2. The third-order valence-electron chi connectivity index (χ3n) is 1.81. The molecule has 1 aromatic carbocycles. The van der Waals surface area contributed by atoms with Gasteiger partial charge in [0.1, 0.15) is 0 Å². The van der Waals surface area contributed by atoms with Crippen molar-refractivity contribution in [1.82, 2.24) is 0 Å². The largest absolute Gasteiger partial charge is 0.383 e. The maximum absolute atomic E-state index is 5.94. The van der Waals surface area contributed by atoms with E-state index in [2.05, 4.69) is 17.0 Å². The summed E-state index contributed by atoms with van der Waals surface area (Å²) in [7, 11) is 0. The van der Waals surface area contributed by atoms with E-state index in [0.717, 1.165) is 5.71 Å². The predicted molar refractivity (Wildman–Crippen MR) is 71.5 cm³/mol. The molecule has 5 heteroatoms. The van der Waals surface area contributed by atoms with Crippen LogP contribution < -0.4 is 5.73 Å². The van der Waals surface area contributed by atoms with E-state index < -0.39 is 0 Å². The van der Waals surface area contributed by atoms with Crippen molar-refractivity contribution >= 4 is 28.9 Å². The summed E-state index contributed by atoms with van der Waals surface area (Å²) in [6.45, 7) is 2.34. The fraction of sp³-hybridized carbons (Fsp3) is 0.250. The second kappa shape index (κ2) is 7.18. The van der Waals surface area contributed by atoms with Crippen LogP contribution in [0.15, 0.2) is 23.4 Å². The Kier molecular flexibility index (Phi) is 5.85. The number of nitrogens with two attached hydrogens (primary N) is 1. The molecule has 0 radical (unpaired) electrons. The van der Waals surface area contributed by atoms with Crippen LogP contribution in [0.5, 0.6) is 0 Å². The molecule has 0 aliphatic heterocycles. The van der Waals surface area contributed by atoms with Crippen molar-refractivity contribution in [2.45, 2.75) is 6.92 Å². The van der Waals surface area contributed by atoms with Crippen LogP contribution in [0.4, 0.5) is 0 Å². The first kappa shape index (κ1) is 13.9. The highest BCUT2D eigenvalue weighted by atomic mass is 35.5. The molecule has 0 amide bonds. The van der Waals surface area contributed by atoms with Crippen LogP contribution in [-0.4, -0.2) is 18.9 Å². The first-order chi connectivity index (χ1) is 8.13. The average Bonchev–Trinajstić information content (AvgIpc) is 2.30. The van der Waals surface area contributed by atoms with E-state index in [4.69, 9.17) is 33.8 Å². The number of nitrogens with zero attached hydrogens (tertiary/aromatic N) is 1. The summed E-state index contributed by atoms with van der Waals surface area (Å²) in [6, 6.07) is 5.13. The molecule has 1 aromatic rings. The lowest BCUT2D eigenvalue weighted by atomic mass is 10.2. The predicted octanol–water partition coefficient (Wildman–Crippen LogP) is 2.70. The first-order valence-corrected chi connectivity index (χ1v) is 5.68. The van der Waals surface area contributed by atoms with Crippen molar-refractivity contribution < 1.29 is 4.84 Å². The van der Waals surface area contributed by atoms with Crippen molar-refractivity contribution in [3.63, 3.8) is 0 Å². The smallest absolute Gasteiger partial charge is 0.177 e. The quantitative estimate of drug-likeness (QED) is 0.397. The summed E-state index contributed by atoms with van der Waals surface area (Å²) in [6.07, 6.45) is 0. The average molecular weight is 271 g/mol. The molecule has 0 saturated carbocycles. The summed E-state index contributed by atoms with van der Waals surface area (Å²) in [5, 5.41) is 4.85. The van der Waals surface area contributed by atoms with Crippen LogP contribution in [0.2, 0.25) is 10.0 Å². The van der Waals surface area contributed by atoms with Gasteiger partial charge in [0.25, 0.3) is 0 Å². The van der Waals surface area contributed by atoms with E-state index >= 15 is 0 Å². The van der Waals surface area contributed by atoms with Crippen LogP contribution >= 0.6 is 23.2 Å². The zero-order chi connectivity index (χ0) is 12.7. The normalized spacial score (nSPS) is 10.7. The molecule has 0 bridgehead atoms. The highest BCUT2D eigenvalue weighted by molar-refractivity contribution is 6.35. The van der Waals surface area contributed by atoms with Crippen molar-refractivity contribution in [2.24, 2.45) is 10.9 Å². The Hall–Kier alpha value is -1.21. The molecule has 3 nitrogen and oxygen atoms in total. The molecule has 17 heavy (non-hydrogen) atoms. The van der Waals surface area contributed by atoms with Gasteiger partial charge in [-0.2, -0.15) is 0 Å². The molecule has 0 saturated heterocycles. The molecule has 0 aliphatic rings. The molecule has 0 aliphatic carbocycles. The van der Waals surface area contributed by atoms with Gasteiger partial charge in [-0.25, -0.2) is 0 Å². The zero-order valence-electron chi connectivity index (χ0n) is 9.34. The third kappa shape index (κ3) is 5.10. The summed E-state index contributed by atoms with van der Waals surface area (Å²) < 4.78 is 0. The second-order valence-electron chi connectivity index (χ2n) is 3.23. The Morgan fingerprint density at radius 2 is 2.24 bits per heavy atom. The molecule has 0 heterocycles. The lowest BCUT2D eigenvalue weighted by Gasteiger charge is -1.96. The molecule has 1 rings (SSSR count). The summed E-state index contributed by atoms with van der Waals surface area (Å²) >= 11 is 11.7. The Morgan fingerprint density at radius 3 is 2.88 bits per heavy atom. The molecule has 0 unspecified atom stereocenters. The Balaban J connectivity index is 2.55. The summed E-state index contributed by atoms with van der Waals surface area (Å²) in [5.41, 5.74) is 6.76. The van der Waals surface area contributed by atoms with E-state index in [9.17, 15) is 0 Å². The minimum absolute atomic E-state index is 0.191. The molecule has 90 valence electrons. The van der Waals surface area contributed by atoms with Gasteiger partial charge in [0, 0.05) is 17.1 Å². The number of benzene rings is 1. The van der Waals surface area contributed by atoms with Gasteiger partial charge in [-0.1, -0.05) is 40.2 Å². The standard InChI is InChI=1S/C12H12Cl2N2O/c1-9(8-15)16-17-6-2-3-10-4-5-11(13)7-12(10)14/h4-5,7H,6,8,15H2,1H3/b16-9+. The van der Waals surface area contributed by atoms with Gasteiger partial charge in [0.05, 0.1) is 10.7 Å². The number of oxime groups is 1. The van der Waals surface area contributed by atoms with Crippen LogP contribution in [0, 0.1) is 11.8 Å². The van der Waals surface area contributed by atoms with E-state index in [1.54, 1.807) is 25.1 Å². The van der Waals surface area contributed by atoms with Gasteiger partial charge in [0.2, 0.25) is 0 Å². The first-order valence-electron chi connectivity index (χ1n) is 4.93. The topological polar surface area (TPSA) is 47.6 Å². The summed E-state index contributed by atoms with van der Waals surface area (Å²) in [5.74, 6) is 5.66. The summed E-state index contributed by atoms with van der Waals surface area (Å²) in [4.78, 5) is 4.94. The highest BCUT2D eigenvalue weighted by Gasteiger charge is 1.96. The maximum atomic E-state index is 5.94. The fourth-order valence-electron chi connectivity index (χ4n) is 0.934. The molecular formula is C12H12Cl2N2O. The Bertz CT molecular complexity index is 475. The maximum Gasteiger partial charge on any atom is 0.177 e.